The summed E-state index contributed by atoms with van der Waals surface area (Å²) in [5.41, 5.74) is 0.249. The van der Waals surface area contributed by atoms with Crippen LogP contribution in [0.5, 0.6) is 0 Å². The summed E-state index contributed by atoms with van der Waals surface area (Å²) in [6.07, 6.45) is -0.667. The van der Waals surface area contributed by atoms with Crippen LogP contribution in [0.3, 0.4) is 0 Å². The predicted octanol–water partition coefficient (Wildman–Crippen LogP) is 2.59. The van der Waals surface area contributed by atoms with Gasteiger partial charge in [-0.15, -0.1) is 0 Å². The molecule has 0 bridgehead atoms. The van der Waals surface area contributed by atoms with Crippen LogP contribution in [-0.4, -0.2) is 14.8 Å². The second kappa shape index (κ2) is 3.62. The van der Waals surface area contributed by atoms with Gasteiger partial charge in [0.15, 0.2) is 0 Å². The molecule has 0 unspecified atom stereocenters. The van der Waals surface area contributed by atoms with Gasteiger partial charge in [-0.2, -0.15) is 18.3 Å². The third-order valence-electron chi connectivity index (χ3n) is 2.04. The Morgan fingerprint density at radius 3 is 2.56 bits per heavy atom. The molecule has 3 nitrogen and oxygen atoms in total. The first-order valence-electron chi connectivity index (χ1n) is 4.52. The minimum Gasteiger partial charge on any atom is -0.262 e. The second-order valence-electron chi connectivity index (χ2n) is 3.33. The molecule has 0 radical (unpaired) electrons. The minimum absolute atomic E-state index is 0.294. The molecule has 0 aliphatic heterocycles. The van der Waals surface area contributed by atoms with Crippen LogP contribution in [0.1, 0.15) is 11.3 Å². The van der Waals surface area contributed by atoms with Gasteiger partial charge < -0.3 is 0 Å². The van der Waals surface area contributed by atoms with Crippen molar-refractivity contribution in [3.8, 4) is 5.69 Å². The Labute approximate surface area is 89.5 Å². The zero-order chi connectivity index (χ0) is 11.8. The standard InChI is InChI=1S/C10H8F3N3/c1-7-2-3-16(15-7)9-4-8(5-14-6-9)10(11,12)13/h2-6H,1H3. The maximum atomic E-state index is 12.4. The molecule has 0 spiro atoms. The number of hydrogen-bond donors (Lipinski definition) is 0. The highest BCUT2D eigenvalue weighted by atomic mass is 19.4. The fraction of sp³-hybridized carbons (Fsp3) is 0.200. The molecule has 2 rings (SSSR count). The van der Waals surface area contributed by atoms with Gasteiger partial charge in [-0.05, 0) is 19.1 Å². The number of aromatic nitrogens is 3. The maximum absolute atomic E-state index is 12.4. The highest BCUT2D eigenvalue weighted by Gasteiger charge is 2.31. The molecular formula is C10H8F3N3. The van der Waals surface area contributed by atoms with Crippen molar-refractivity contribution in [3.63, 3.8) is 0 Å². The first kappa shape index (κ1) is 10.7. The van der Waals surface area contributed by atoms with Crippen LogP contribution in [-0.2, 0) is 6.18 Å². The lowest BCUT2D eigenvalue weighted by Crippen LogP contribution is -2.07. The second-order valence-corrected chi connectivity index (χ2v) is 3.33. The van der Waals surface area contributed by atoms with E-state index in [1.165, 1.54) is 10.9 Å². The van der Waals surface area contributed by atoms with Gasteiger partial charge in [-0.3, -0.25) is 4.98 Å². The monoisotopic (exact) mass is 227 g/mol. The minimum atomic E-state index is -4.38. The van der Waals surface area contributed by atoms with E-state index in [2.05, 4.69) is 10.1 Å². The number of pyridine rings is 1. The fourth-order valence-electron chi connectivity index (χ4n) is 1.27. The van der Waals surface area contributed by atoms with Gasteiger partial charge in [0.05, 0.1) is 23.1 Å². The summed E-state index contributed by atoms with van der Waals surface area (Å²) in [7, 11) is 0. The molecule has 6 heteroatoms. The van der Waals surface area contributed by atoms with Crippen LogP contribution in [0.4, 0.5) is 13.2 Å². The highest BCUT2D eigenvalue weighted by molar-refractivity contribution is 5.32. The zero-order valence-electron chi connectivity index (χ0n) is 8.36. The normalized spacial score (nSPS) is 11.8. The van der Waals surface area contributed by atoms with Crippen molar-refractivity contribution in [3.05, 3.63) is 42.0 Å². The molecule has 84 valence electrons. The smallest absolute Gasteiger partial charge is 0.262 e. The van der Waals surface area contributed by atoms with Crippen LogP contribution in [0.25, 0.3) is 5.69 Å². The van der Waals surface area contributed by atoms with E-state index in [0.29, 0.717) is 5.69 Å². The SMILES string of the molecule is Cc1ccn(-c2cncc(C(F)(F)F)c2)n1. The Balaban J connectivity index is 2.44. The van der Waals surface area contributed by atoms with Crippen LogP contribution in [0.15, 0.2) is 30.7 Å². The molecule has 0 saturated heterocycles. The van der Waals surface area contributed by atoms with Gasteiger partial charge in [-0.1, -0.05) is 0 Å². The van der Waals surface area contributed by atoms with E-state index in [1.807, 2.05) is 0 Å². The van der Waals surface area contributed by atoms with Crippen molar-refractivity contribution in [1.82, 2.24) is 14.8 Å². The Kier molecular flexibility index (Phi) is 2.41. The number of halogens is 3. The van der Waals surface area contributed by atoms with Crippen molar-refractivity contribution in [2.24, 2.45) is 0 Å². The molecular weight excluding hydrogens is 219 g/mol. The van der Waals surface area contributed by atoms with Crippen molar-refractivity contribution in [2.75, 3.05) is 0 Å². The first-order chi connectivity index (χ1) is 7.47. The largest absolute Gasteiger partial charge is 0.417 e. The summed E-state index contributed by atoms with van der Waals surface area (Å²) in [6.45, 7) is 1.76. The molecule has 2 heterocycles. The van der Waals surface area contributed by atoms with E-state index < -0.39 is 11.7 Å². The molecule has 0 fully saturated rings. The van der Waals surface area contributed by atoms with Crippen molar-refractivity contribution >= 4 is 0 Å². The van der Waals surface area contributed by atoms with E-state index in [4.69, 9.17) is 0 Å². The predicted molar refractivity (Wildman–Crippen MR) is 51.1 cm³/mol. The van der Waals surface area contributed by atoms with Crippen molar-refractivity contribution in [2.45, 2.75) is 13.1 Å². The number of aryl methyl sites for hydroxylation is 1. The van der Waals surface area contributed by atoms with Crippen molar-refractivity contribution < 1.29 is 13.2 Å². The van der Waals surface area contributed by atoms with Gasteiger partial charge in [0.2, 0.25) is 0 Å². The number of alkyl halides is 3. The van der Waals surface area contributed by atoms with Gasteiger partial charge >= 0.3 is 6.18 Å². The summed E-state index contributed by atoms with van der Waals surface area (Å²) < 4.78 is 38.6. The third kappa shape index (κ3) is 2.05. The van der Waals surface area contributed by atoms with Gasteiger partial charge in [0.25, 0.3) is 0 Å². The molecule has 0 aliphatic rings. The molecule has 0 saturated carbocycles. The average molecular weight is 227 g/mol. The maximum Gasteiger partial charge on any atom is 0.417 e. The number of nitrogens with zero attached hydrogens (tertiary/aromatic N) is 3. The molecule has 2 aromatic heterocycles. The molecule has 2 aromatic rings. The Morgan fingerprint density at radius 1 is 1.25 bits per heavy atom. The van der Waals surface area contributed by atoms with Gasteiger partial charge in [0, 0.05) is 12.4 Å². The third-order valence-corrected chi connectivity index (χ3v) is 2.04. The molecule has 16 heavy (non-hydrogen) atoms. The Bertz CT molecular complexity index is 502. The lowest BCUT2D eigenvalue weighted by Gasteiger charge is -2.07. The topological polar surface area (TPSA) is 30.7 Å². The van der Waals surface area contributed by atoms with E-state index in [0.717, 1.165) is 18.0 Å². The van der Waals surface area contributed by atoms with Crippen LogP contribution >= 0.6 is 0 Å². The van der Waals surface area contributed by atoms with Crippen LogP contribution in [0.2, 0.25) is 0 Å². The number of rotatable bonds is 1. The summed E-state index contributed by atoms with van der Waals surface area (Å²) in [6, 6.07) is 2.72. The average Bonchev–Trinajstić information content (AvgIpc) is 2.64. The van der Waals surface area contributed by atoms with Crippen LogP contribution in [0, 0.1) is 6.92 Å². The molecule has 0 atom stereocenters. The van der Waals surface area contributed by atoms with E-state index >= 15 is 0 Å². The lowest BCUT2D eigenvalue weighted by atomic mass is 10.2. The van der Waals surface area contributed by atoms with Crippen LogP contribution < -0.4 is 0 Å². The van der Waals surface area contributed by atoms with Gasteiger partial charge in [0.1, 0.15) is 0 Å². The molecule has 0 aromatic carbocycles. The Hall–Kier alpha value is -1.85. The van der Waals surface area contributed by atoms with Crippen molar-refractivity contribution in [1.29, 1.82) is 0 Å². The quantitative estimate of drug-likeness (QED) is 0.749. The summed E-state index contributed by atoms with van der Waals surface area (Å²) >= 11 is 0. The summed E-state index contributed by atoms with van der Waals surface area (Å²) in [4.78, 5) is 3.56. The van der Waals surface area contributed by atoms with E-state index in [-0.39, 0.29) is 0 Å². The van der Waals surface area contributed by atoms with E-state index in [9.17, 15) is 13.2 Å². The zero-order valence-corrected chi connectivity index (χ0v) is 8.36. The summed E-state index contributed by atoms with van der Waals surface area (Å²) in [5, 5.41) is 4.01. The molecule has 0 amide bonds. The molecule has 0 aliphatic carbocycles. The van der Waals surface area contributed by atoms with Gasteiger partial charge in [-0.25, -0.2) is 4.68 Å². The highest BCUT2D eigenvalue weighted by Crippen LogP contribution is 2.29. The summed E-state index contributed by atoms with van der Waals surface area (Å²) in [5.74, 6) is 0. The lowest BCUT2D eigenvalue weighted by molar-refractivity contribution is -0.137. The fourth-order valence-corrected chi connectivity index (χ4v) is 1.27. The first-order valence-corrected chi connectivity index (χ1v) is 4.52. The number of hydrogen-bond acceptors (Lipinski definition) is 2. The molecule has 0 N–H and O–H groups in total. The Morgan fingerprint density at radius 2 is 2.00 bits per heavy atom. The van der Waals surface area contributed by atoms with E-state index in [1.54, 1.807) is 19.2 Å².